The number of amides is 2. The standard InChI is InChI=1S/C20H25N3O6S/c24-16-7-4-6-15(14-16)19(25)21-10-5-11-22-20(26)17-8-9-18(29-17)30(27,28)23-12-2-1-3-13-23/h4,6-9,14,24H,1-3,5,10-13H2,(H,21,25)(H,22,26). The van der Waals surface area contributed by atoms with Crippen molar-refractivity contribution in [2.45, 2.75) is 30.8 Å². The average molecular weight is 436 g/mol. The molecule has 0 bridgehead atoms. The Bertz CT molecular complexity index is 995. The molecule has 1 fully saturated rings. The molecule has 1 aromatic heterocycles. The molecule has 2 amide bonds. The van der Waals surface area contributed by atoms with Gasteiger partial charge in [-0.3, -0.25) is 9.59 Å². The molecule has 0 spiro atoms. The zero-order chi connectivity index (χ0) is 21.6. The molecule has 10 heteroatoms. The van der Waals surface area contributed by atoms with Crippen molar-refractivity contribution in [3.8, 4) is 5.75 Å². The number of hydrogen-bond donors (Lipinski definition) is 3. The van der Waals surface area contributed by atoms with Gasteiger partial charge < -0.3 is 20.2 Å². The highest BCUT2D eigenvalue weighted by atomic mass is 32.2. The predicted octanol–water partition coefficient (Wildman–Crippen LogP) is 1.71. The van der Waals surface area contributed by atoms with Gasteiger partial charge >= 0.3 is 0 Å². The summed E-state index contributed by atoms with van der Waals surface area (Å²) < 4.78 is 31.8. The molecule has 0 unspecified atom stereocenters. The van der Waals surface area contributed by atoms with E-state index in [1.807, 2.05) is 0 Å². The highest BCUT2D eigenvalue weighted by Gasteiger charge is 2.29. The van der Waals surface area contributed by atoms with Gasteiger partial charge in [0.2, 0.25) is 5.09 Å². The fraction of sp³-hybridized carbons (Fsp3) is 0.400. The summed E-state index contributed by atoms with van der Waals surface area (Å²) in [4.78, 5) is 24.1. The first-order chi connectivity index (χ1) is 14.4. The lowest BCUT2D eigenvalue weighted by Gasteiger charge is -2.24. The van der Waals surface area contributed by atoms with E-state index in [2.05, 4.69) is 10.6 Å². The number of nitrogens with zero attached hydrogens (tertiary/aromatic N) is 1. The number of phenolic OH excluding ortho intramolecular Hbond substituents is 1. The molecule has 162 valence electrons. The number of benzene rings is 1. The summed E-state index contributed by atoms with van der Waals surface area (Å²) >= 11 is 0. The number of carbonyl (C=O) groups is 2. The SMILES string of the molecule is O=C(NCCCNC(=O)c1ccc(S(=O)(=O)N2CCCCC2)o1)c1cccc(O)c1. The second-order valence-electron chi connectivity index (χ2n) is 7.00. The quantitative estimate of drug-likeness (QED) is 0.542. The number of aromatic hydroxyl groups is 1. The highest BCUT2D eigenvalue weighted by molar-refractivity contribution is 7.89. The summed E-state index contributed by atoms with van der Waals surface area (Å²) in [5, 5.41) is 14.5. The first-order valence-corrected chi connectivity index (χ1v) is 11.3. The van der Waals surface area contributed by atoms with Gasteiger partial charge in [-0.1, -0.05) is 12.5 Å². The summed E-state index contributed by atoms with van der Waals surface area (Å²) in [6.07, 6.45) is 3.10. The van der Waals surface area contributed by atoms with Gasteiger partial charge in [0, 0.05) is 31.7 Å². The van der Waals surface area contributed by atoms with Crippen molar-refractivity contribution in [3.05, 3.63) is 47.7 Å². The summed E-state index contributed by atoms with van der Waals surface area (Å²) in [5.74, 6) is -0.908. The Labute approximate surface area is 175 Å². The Morgan fingerprint density at radius 1 is 1.00 bits per heavy atom. The molecule has 3 N–H and O–H groups in total. The van der Waals surface area contributed by atoms with Crippen LogP contribution in [0.15, 0.2) is 45.9 Å². The Balaban J connectivity index is 1.44. The normalized spacial score (nSPS) is 14.9. The van der Waals surface area contributed by atoms with Gasteiger partial charge in [0.1, 0.15) is 5.75 Å². The van der Waals surface area contributed by atoms with Crippen LogP contribution in [-0.4, -0.2) is 55.8 Å². The third-order valence-electron chi connectivity index (χ3n) is 4.75. The van der Waals surface area contributed by atoms with Crippen molar-refractivity contribution in [1.82, 2.24) is 14.9 Å². The molecule has 1 aliphatic heterocycles. The van der Waals surface area contributed by atoms with Gasteiger partial charge in [0.05, 0.1) is 0 Å². The van der Waals surface area contributed by atoms with E-state index < -0.39 is 15.9 Å². The summed E-state index contributed by atoms with van der Waals surface area (Å²) in [7, 11) is -3.72. The van der Waals surface area contributed by atoms with E-state index in [9.17, 15) is 23.1 Å². The first-order valence-electron chi connectivity index (χ1n) is 9.83. The number of sulfonamides is 1. The molecule has 0 radical (unpaired) electrons. The number of phenols is 1. The smallest absolute Gasteiger partial charge is 0.287 e. The van der Waals surface area contributed by atoms with Gasteiger partial charge in [-0.05, 0) is 49.6 Å². The maximum absolute atomic E-state index is 12.6. The first kappa shape index (κ1) is 21.8. The second-order valence-corrected chi connectivity index (χ2v) is 8.87. The van der Waals surface area contributed by atoms with Crippen molar-refractivity contribution in [2.75, 3.05) is 26.2 Å². The molecule has 9 nitrogen and oxygen atoms in total. The summed E-state index contributed by atoms with van der Waals surface area (Å²) in [5.41, 5.74) is 0.345. The lowest BCUT2D eigenvalue weighted by Crippen LogP contribution is -2.35. The molecule has 30 heavy (non-hydrogen) atoms. The fourth-order valence-corrected chi connectivity index (χ4v) is 4.57. The second kappa shape index (κ2) is 9.77. The van der Waals surface area contributed by atoms with Gasteiger partial charge in [-0.15, -0.1) is 0 Å². The lowest BCUT2D eigenvalue weighted by molar-refractivity contribution is 0.0920. The summed E-state index contributed by atoms with van der Waals surface area (Å²) in [6, 6.07) is 8.65. The highest BCUT2D eigenvalue weighted by Crippen LogP contribution is 2.22. The van der Waals surface area contributed by atoms with Crippen LogP contribution in [-0.2, 0) is 10.0 Å². The molecule has 1 aromatic carbocycles. The van der Waals surface area contributed by atoms with Gasteiger partial charge in [-0.25, -0.2) is 8.42 Å². The van der Waals surface area contributed by atoms with Crippen LogP contribution in [0.2, 0.25) is 0 Å². The van der Waals surface area contributed by atoms with Crippen LogP contribution in [0.3, 0.4) is 0 Å². The van der Waals surface area contributed by atoms with E-state index in [4.69, 9.17) is 4.42 Å². The van der Waals surface area contributed by atoms with Crippen LogP contribution in [0, 0.1) is 0 Å². The van der Waals surface area contributed by atoms with Crippen molar-refractivity contribution < 1.29 is 27.5 Å². The molecular weight excluding hydrogens is 410 g/mol. The maximum Gasteiger partial charge on any atom is 0.287 e. The van der Waals surface area contributed by atoms with Crippen LogP contribution in [0.5, 0.6) is 5.75 Å². The van der Waals surface area contributed by atoms with Gasteiger partial charge in [-0.2, -0.15) is 4.31 Å². The molecule has 0 saturated carbocycles. The van der Waals surface area contributed by atoms with Gasteiger partial charge in [0.25, 0.3) is 21.8 Å². The van der Waals surface area contributed by atoms with Crippen LogP contribution in [0.4, 0.5) is 0 Å². The predicted molar refractivity (Wildman–Crippen MR) is 109 cm³/mol. The number of piperidine rings is 1. The van der Waals surface area contributed by atoms with Crippen molar-refractivity contribution in [2.24, 2.45) is 0 Å². The zero-order valence-corrected chi connectivity index (χ0v) is 17.3. The van der Waals surface area contributed by atoms with Crippen LogP contribution in [0.25, 0.3) is 0 Å². The number of rotatable bonds is 8. The van der Waals surface area contributed by atoms with Crippen molar-refractivity contribution >= 4 is 21.8 Å². The van der Waals surface area contributed by atoms with E-state index in [1.54, 1.807) is 12.1 Å². The Kier molecular flexibility index (Phi) is 7.11. The van der Waals surface area contributed by atoms with E-state index in [0.29, 0.717) is 31.6 Å². The molecule has 2 aromatic rings. The van der Waals surface area contributed by atoms with Crippen LogP contribution < -0.4 is 10.6 Å². The Hall–Kier alpha value is -2.85. The fourth-order valence-electron chi connectivity index (χ4n) is 3.14. The third kappa shape index (κ3) is 5.39. The number of carbonyl (C=O) groups excluding carboxylic acids is 2. The van der Waals surface area contributed by atoms with Crippen LogP contribution in [0.1, 0.15) is 46.6 Å². The zero-order valence-electron chi connectivity index (χ0n) is 16.5. The monoisotopic (exact) mass is 435 g/mol. The summed E-state index contributed by atoms with van der Waals surface area (Å²) in [6.45, 7) is 1.51. The lowest BCUT2D eigenvalue weighted by atomic mass is 10.2. The van der Waals surface area contributed by atoms with Gasteiger partial charge in [0.15, 0.2) is 5.76 Å². The van der Waals surface area contributed by atoms with E-state index in [-0.39, 0.29) is 29.1 Å². The van der Waals surface area contributed by atoms with E-state index >= 15 is 0 Å². The minimum atomic E-state index is -3.72. The number of nitrogens with one attached hydrogen (secondary N) is 2. The molecule has 2 heterocycles. The molecule has 1 saturated heterocycles. The Morgan fingerprint density at radius 3 is 2.40 bits per heavy atom. The number of furan rings is 1. The van der Waals surface area contributed by atoms with Crippen molar-refractivity contribution in [3.63, 3.8) is 0 Å². The van der Waals surface area contributed by atoms with Crippen LogP contribution >= 0.6 is 0 Å². The number of hydrogen-bond acceptors (Lipinski definition) is 6. The Morgan fingerprint density at radius 2 is 1.70 bits per heavy atom. The average Bonchev–Trinajstić information content (AvgIpc) is 3.25. The molecular formula is C20H25N3O6S. The van der Waals surface area contributed by atoms with E-state index in [0.717, 1.165) is 19.3 Å². The topological polar surface area (TPSA) is 129 Å². The molecule has 0 aliphatic carbocycles. The van der Waals surface area contributed by atoms with Crippen molar-refractivity contribution in [1.29, 1.82) is 0 Å². The molecule has 1 aliphatic rings. The largest absolute Gasteiger partial charge is 0.508 e. The van der Waals surface area contributed by atoms with E-state index in [1.165, 1.54) is 28.6 Å². The molecule has 0 atom stereocenters. The minimum absolute atomic E-state index is 0.00929. The maximum atomic E-state index is 12.6. The third-order valence-corrected chi connectivity index (χ3v) is 6.52. The molecule has 3 rings (SSSR count). The minimum Gasteiger partial charge on any atom is -0.508 e.